The average Bonchev–Trinajstić information content (AvgIpc) is 3.29. The normalized spacial score (nSPS) is 11.3. The van der Waals surface area contributed by atoms with E-state index in [9.17, 15) is 0 Å². The van der Waals surface area contributed by atoms with Crippen molar-refractivity contribution >= 4 is 11.3 Å². The predicted molar refractivity (Wildman–Crippen MR) is 135 cm³/mol. The lowest BCUT2D eigenvalue weighted by Crippen LogP contribution is -2.29. The van der Waals surface area contributed by atoms with Gasteiger partial charge < -0.3 is 9.47 Å². The van der Waals surface area contributed by atoms with Crippen molar-refractivity contribution in [1.82, 2.24) is 0 Å². The smallest absolute Gasteiger partial charge is 0.224 e. The van der Waals surface area contributed by atoms with Crippen molar-refractivity contribution in [2.75, 3.05) is 26.4 Å². The van der Waals surface area contributed by atoms with Gasteiger partial charge in [0.25, 0.3) is 0 Å². The number of thiazole rings is 1. The van der Waals surface area contributed by atoms with Crippen molar-refractivity contribution in [2.45, 2.75) is 116 Å². The summed E-state index contributed by atoms with van der Waals surface area (Å²) in [5, 5.41) is 2.11. The third-order valence-corrected chi connectivity index (χ3v) is 6.41. The molecule has 3 nitrogen and oxygen atoms in total. The van der Waals surface area contributed by atoms with E-state index in [0.29, 0.717) is 13.2 Å². The summed E-state index contributed by atoms with van der Waals surface area (Å²) in [6, 6.07) is 0. The summed E-state index contributed by atoms with van der Waals surface area (Å²) in [7, 11) is 0. The van der Waals surface area contributed by atoms with E-state index in [4.69, 9.17) is 9.47 Å². The highest BCUT2D eigenvalue weighted by atomic mass is 32.1. The van der Waals surface area contributed by atoms with Gasteiger partial charge in [-0.2, -0.15) is 4.57 Å². The van der Waals surface area contributed by atoms with Gasteiger partial charge in [0.2, 0.25) is 5.51 Å². The topological polar surface area (TPSA) is 22.3 Å². The van der Waals surface area contributed by atoms with Crippen LogP contribution in [0.15, 0.2) is 29.2 Å². The molecule has 0 atom stereocenters. The predicted octanol–water partition coefficient (Wildman–Crippen LogP) is 7.89. The van der Waals surface area contributed by atoms with Gasteiger partial charge >= 0.3 is 0 Å². The number of ether oxygens (including phenoxy) is 2. The van der Waals surface area contributed by atoms with Gasteiger partial charge in [0.1, 0.15) is 6.54 Å². The fourth-order valence-corrected chi connectivity index (χ4v) is 4.39. The van der Waals surface area contributed by atoms with Crippen LogP contribution in [0, 0.1) is 0 Å². The van der Waals surface area contributed by atoms with Gasteiger partial charge in [-0.25, -0.2) is 0 Å². The number of rotatable bonds is 24. The second-order valence-corrected chi connectivity index (χ2v) is 9.68. The molecular weight excluding hydrogens is 402 g/mol. The summed E-state index contributed by atoms with van der Waals surface area (Å²) in [4.78, 5) is 0. The lowest BCUT2D eigenvalue weighted by molar-refractivity contribution is -0.692. The number of hydrogen-bond acceptors (Lipinski definition) is 3. The van der Waals surface area contributed by atoms with Crippen LogP contribution in [-0.2, 0) is 16.0 Å². The summed E-state index contributed by atoms with van der Waals surface area (Å²) < 4.78 is 13.7. The second kappa shape index (κ2) is 22.5. The molecule has 0 fully saturated rings. The zero-order chi connectivity index (χ0) is 22.2. The van der Waals surface area contributed by atoms with Crippen molar-refractivity contribution in [3.8, 4) is 0 Å². The lowest BCUT2D eigenvalue weighted by atomic mass is 10.0. The second-order valence-electron chi connectivity index (χ2n) is 8.92. The van der Waals surface area contributed by atoms with Crippen LogP contribution in [0.5, 0.6) is 0 Å². The van der Waals surface area contributed by atoms with Crippen LogP contribution in [0.25, 0.3) is 0 Å². The first-order valence-electron chi connectivity index (χ1n) is 13.1. The number of hydrogen-bond donors (Lipinski definition) is 0. The van der Waals surface area contributed by atoms with E-state index < -0.39 is 0 Å². The van der Waals surface area contributed by atoms with Crippen LogP contribution in [0.4, 0.5) is 0 Å². The maximum atomic E-state index is 5.75. The molecule has 1 aromatic heterocycles. The minimum Gasteiger partial charge on any atom is -0.377 e. The molecule has 0 aliphatic rings. The summed E-state index contributed by atoms with van der Waals surface area (Å²) in [6.07, 6.45) is 23.9. The largest absolute Gasteiger partial charge is 0.377 e. The zero-order valence-corrected chi connectivity index (χ0v) is 21.3. The number of aromatic nitrogens is 1. The maximum Gasteiger partial charge on any atom is 0.224 e. The van der Waals surface area contributed by atoms with Crippen LogP contribution >= 0.6 is 11.3 Å². The summed E-state index contributed by atoms with van der Waals surface area (Å²) in [5.74, 6) is 0. The molecule has 0 spiro atoms. The molecule has 0 bridgehead atoms. The molecule has 0 aromatic carbocycles. The Kier molecular flexibility index (Phi) is 20.5. The van der Waals surface area contributed by atoms with Crippen molar-refractivity contribution in [1.29, 1.82) is 0 Å². The Morgan fingerprint density at radius 1 is 0.710 bits per heavy atom. The van der Waals surface area contributed by atoms with Gasteiger partial charge in [-0.1, -0.05) is 108 Å². The van der Waals surface area contributed by atoms with Crippen molar-refractivity contribution in [2.24, 2.45) is 0 Å². The van der Waals surface area contributed by atoms with Crippen LogP contribution in [0.2, 0.25) is 0 Å². The molecular formula is C27H50NO2S+. The quantitative estimate of drug-likeness (QED) is 0.0903. The number of aryl methyl sites for hydroxylation is 1. The Labute approximate surface area is 197 Å². The van der Waals surface area contributed by atoms with E-state index in [1.165, 1.54) is 89.9 Å². The Morgan fingerprint density at radius 2 is 1.19 bits per heavy atom. The standard InChI is InChI=1S/C27H50NO2S/c1-3-4-5-6-7-8-9-10-11-12-13-14-15-17-21-29-24-27(2)25-30-22-18-16-19-28-20-23-31-26-28/h20,23,26H,2-19,21-22,24-25H2,1H3/q+1. The third-order valence-electron chi connectivity index (χ3n) is 5.74. The van der Waals surface area contributed by atoms with Gasteiger partial charge in [-0.15, -0.1) is 0 Å². The van der Waals surface area contributed by atoms with Crippen LogP contribution in [0.3, 0.4) is 0 Å². The monoisotopic (exact) mass is 452 g/mol. The van der Waals surface area contributed by atoms with Crippen LogP contribution < -0.4 is 4.57 Å². The number of nitrogens with zero attached hydrogens (tertiary/aromatic N) is 1. The molecule has 0 N–H and O–H groups in total. The van der Waals surface area contributed by atoms with Gasteiger partial charge in [0, 0.05) is 19.6 Å². The maximum absolute atomic E-state index is 5.75. The molecule has 0 radical (unpaired) electrons. The van der Waals surface area contributed by atoms with E-state index in [1.807, 2.05) is 0 Å². The minimum absolute atomic E-state index is 0.629. The molecule has 0 saturated heterocycles. The van der Waals surface area contributed by atoms with Gasteiger partial charge in [-0.3, -0.25) is 0 Å². The highest BCUT2D eigenvalue weighted by molar-refractivity contribution is 7.07. The third kappa shape index (κ3) is 19.7. The molecule has 31 heavy (non-hydrogen) atoms. The van der Waals surface area contributed by atoms with Crippen molar-refractivity contribution in [3.05, 3.63) is 29.2 Å². The fourth-order valence-electron chi connectivity index (χ4n) is 3.76. The minimum atomic E-state index is 0.629. The van der Waals surface area contributed by atoms with E-state index in [2.05, 4.69) is 35.2 Å². The lowest BCUT2D eigenvalue weighted by Gasteiger charge is -2.08. The molecule has 0 amide bonds. The first-order chi connectivity index (χ1) is 15.3. The van der Waals surface area contributed by atoms with E-state index in [1.54, 1.807) is 11.3 Å². The van der Waals surface area contributed by atoms with E-state index in [-0.39, 0.29) is 0 Å². The molecule has 4 heteroatoms. The molecule has 180 valence electrons. The highest BCUT2D eigenvalue weighted by Gasteiger charge is 2.00. The Morgan fingerprint density at radius 3 is 1.68 bits per heavy atom. The van der Waals surface area contributed by atoms with Gasteiger partial charge in [0.05, 0.1) is 18.6 Å². The van der Waals surface area contributed by atoms with Crippen LogP contribution in [-0.4, -0.2) is 26.4 Å². The summed E-state index contributed by atoms with van der Waals surface area (Å²) in [6.45, 7) is 10.4. The molecule has 0 saturated carbocycles. The SMILES string of the molecule is C=C(COCCCCCCCCCCCCCCCC)COCCCC[n+]1ccsc1. The zero-order valence-electron chi connectivity index (χ0n) is 20.5. The summed E-state index contributed by atoms with van der Waals surface area (Å²) in [5.41, 5.74) is 3.20. The first-order valence-corrected chi connectivity index (χ1v) is 14.0. The average molecular weight is 453 g/mol. The molecule has 0 aliphatic carbocycles. The molecule has 1 rings (SSSR count). The molecule has 1 heterocycles. The van der Waals surface area contributed by atoms with E-state index in [0.717, 1.165) is 38.2 Å². The van der Waals surface area contributed by atoms with Crippen molar-refractivity contribution in [3.63, 3.8) is 0 Å². The summed E-state index contributed by atoms with van der Waals surface area (Å²) >= 11 is 1.74. The highest BCUT2D eigenvalue weighted by Crippen LogP contribution is 2.13. The molecule has 0 unspecified atom stereocenters. The molecule has 0 aliphatic heterocycles. The fraction of sp³-hybridized carbons (Fsp3) is 0.815. The first kappa shape index (κ1) is 28.3. The Hall–Kier alpha value is -0.710. The van der Waals surface area contributed by atoms with Gasteiger partial charge in [0.15, 0.2) is 6.20 Å². The van der Waals surface area contributed by atoms with Gasteiger partial charge in [-0.05, 0) is 18.4 Å². The van der Waals surface area contributed by atoms with Crippen LogP contribution in [0.1, 0.15) is 110 Å². The molecule has 1 aromatic rings. The Balaban J connectivity index is 1.70. The number of unbranched alkanes of at least 4 members (excludes halogenated alkanes) is 14. The van der Waals surface area contributed by atoms with E-state index >= 15 is 0 Å². The van der Waals surface area contributed by atoms with Crippen molar-refractivity contribution < 1.29 is 14.0 Å². The Bertz CT molecular complexity index is 489.